The highest BCUT2D eigenvalue weighted by Gasteiger charge is 2.16. The Morgan fingerprint density at radius 1 is 1.37 bits per heavy atom. The summed E-state index contributed by atoms with van der Waals surface area (Å²) < 4.78 is 10.4. The lowest BCUT2D eigenvalue weighted by Crippen LogP contribution is -2.30. The summed E-state index contributed by atoms with van der Waals surface area (Å²) in [7, 11) is 0. The first-order valence-electron chi connectivity index (χ1n) is 6.02. The number of ether oxygens (including phenoxy) is 1. The van der Waals surface area contributed by atoms with Gasteiger partial charge >= 0.3 is 0 Å². The molecule has 1 aromatic heterocycles. The van der Waals surface area contributed by atoms with E-state index in [0.717, 1.165) is 5.56 Å². The maximum atomic E-state index is 11.9. The number of anilines is 1. The Bertz CT molecular complexity index is 578. The highest BCUT2D eigenvalue weighted by atomic mass is 16.5. The lowest BCUT2D eigenvalue weighted by Gasteiger charge is -2.13. The van der Waals surface area contributed by atoms with Crippen molar-refractivity contribution in [1.82, 2.24) is 5.16 Å². The van der Waals surface area contributed by atoms with Gasteiger partial charge in [0.15, 0.2) is 11.9 Å². The van der Waals surface area contributed by atoms with E-state index in [9.17, 15) is 4.79 Å². The molecule has 5 heteroatoms. The number of amides is 1. The van der Waals surface area contributed by atoms with E-state index < -0.39 is 6.10 Å². The average Bonchev–Trinajstić information content (AvgIpc) is 2.74. The van der Waals surface area contributed by atoms with E-state index in [1.54, 1.807) is 19.9 Å². The number of hydrogen-bond acceptors (Lipinski definition) is 4. The minimum atomic E-state index is -0.612. The van der Waals surface area contributed by atoms with Crippen LogP contribution < -0.4 is 10.1 Å². The van der Waals surface area contributed by atoms with Gasteiger partial charge in [-0.1, -0.05) is 17.3 Å². The molecule has 1 unspecified atom stereocenters. The summed E-state index contributed by atoms with van der Waals surface area (Å²) in [6, 6.07) is 9.20. The molecule has 0 aliphatic rings. The molecule has 0 spiro atoms. The first kappa shape index (κ1) is 13.1. The summed E-state index contributed by atoms with van der Waals surface area (Å²) in [5, 5.41) is 6.33. The highest BCUT2D eigenvalue weighted by Crippen LogP contribution is 2.15. The topological polar surface area (TPSA) is 64.4 Å². The zero-order valence-electron chi connectivity index (χ0n) is 11.1. The van der Waals surface area contributed by atoms with Crippen molar-refractivity contribution in [1.29, 1.82) is 0 Å². The number of benzene rings is 1. The van der Waals surface area contributed by atoms with E-state index in [4.69, 9.17) is 9.26 Å². The molecule has 1 atom stereocenters. The van der Waals surface area contributed by atoms with Crippen LogP contribution in [-0.4, -0.2) is 17.2 Å². The number of hydrogen-bond donors (Lipinski definition) is 1. The molecular formula is C14H16N2O3. The molecule has 5 nitrogen and oxygen atoms in total. The van der Waals surface area contributed by atoms with Gasteiger partial charge < -0.3 is 14.6 Å². The summed E-state index contributed by atoms with van der Waals surface area (Å²) in [5.74, 6) is 1.43. The third-order valence-electron chi connectivity index (χ3n) is 2.55. The maximum absolute atomic E-state index is 11.9. The van der Waals surface area contributed by atoms with Crippen LogP contribution in [0, 0.1) is 13.8 Å². The van der Waals surface area contributed by atoms with E-state index in [-0.39, 0.29) is 5.91 Å². The predicted octanol–water partition coefficient (Wildman–Crippen LogP) is 2.70. The van der Waals surface area contributed by atoms with E-state index >= 15 is 0 Å². The van der Waals surface area contributed by atoms with Crippen molar-refractivity contribution in [3.63, 3.8) is 0 Å². The standard InChI is InChI=1S/C14H16N2O3/c1-9-5-4-6-12(7-9)18-11(3)14(17)15-13-8-10(2)19-16-13/h4-8,11H,1-3H3,(H,15,16,17). The molecule has 2 aromatic rings. The van der Waals surface area contributed by atoms with Gasteiger partial charge in [0, 0.05) is 6.07 Å². The number of aromatic nitrogens is 1. The molecule has 19 heavy (non-hydrogen) atoms. The SMILES string of the molecule is Cc1cccc(OC(C)C(=O)Nc2cc(C)on2)c1. The number of nitrogens with one attached hydrogen (secondary N) is 1. The predicted molar refractivity (Wildman–Crippen MR) is 71.1 cm³/mol. The molecule has 0 fully saturated rings. The van der Waals surface area contributed by atoms with Crippen molar-refractivity contribution in [2.75, 3.05) is 5.32 Å². The fourth-order valence-electron chi connectivity index (χ4n) is 1.60. The summed E-state index contributed by atoms with van der Waals surface area (Å²) >= 11 is 0. The van der Waals surface area contributed by atoms with Gasteiger partial charge in [-0.2, -0.15) is 0 Å². The molecule has 0 radical (unpaired) electrons. The molecule has 100 valence electrons. The summed E-state index contributed by atoms with van der Waals surface area (Å²) in [5.41, 5.74) is 1.08. The lowest BCUT2D eigenvalue weighted by molar-refractivity contribution is -0.122. The van der Waals surface area contributed by atoms with Gasteiger partial charge in [0.25, 0.3) is 5.91 Å². The van der Waals surface area contributed by atoms with Crippen LogP contribution in [-0.2, 0) is 4.79 Å². The first-order valence-corrected chi connectivity index (χ1v) is 6.02. The van der Waals surface area contributed by atoms with E-state index in [1.807, 2.05) is 31.2 Å². The van der Waals surface area contributed by atoms with Gasteiger partial charge in [-0.25, -0.2) is 0 Å². The monoisotopic (exact) mass is 260 g/mol. The largest absolute Gasteiger partial charge is 0.481 e. The molecule has 0 saturated carbocycles. The Labute approximate surface area is 111 Å². The van der Waals surface area contributed by atoms with Crippen LogP contribution >= 0.6 is 0 Å². The fraction of sp³-hybridized carbons (Fsp3) is 0.286. The van der Waals surface area contributed by atoms with Crippen molar-refractivity contribution in [3.05, 3.63) is 41.7 Å². The molecule has 0 bridgehead atoms. The Morgan fingerprint density at radius 2 is 2.16 bits per heavy atom. The van der Waals surface area contributed by atoms with Crippen molar-refractivity contribution >= 4 is 11.7 Å². The molecule has 2 rings (SSSR count). The van der Waals surface area contributed by atoms with E-state index in [1.165, 1.54) is 0 Å². The van der Waals surface area contributed by atoms with Gasteiger partial charge in [0.1, 0.15) is 11.5 Å². The van der Waals surface area contributed by atoms with Crippen LogP contribution in [0.2, 0.25) is 0 Å². The number of aryl methyl sites for hydroxylation is 2. The van der Waals surface area contributed by atoms with Crippen LogP contribution in [0.4, 0.5) is 5.82 Å². The molecule has 1 aromatic carbocycles. The molecular weight excluding hydrogens is 244 g/mol. The van der Waals surface area contributed by atoms with Crippen LogP contribution in [0.5, 0.6) is 5.75 Å². The first-order chi connectivity index (χ1) is 9.04. The van der Waals surface area contributed by atoms with E-state index in [0.29, 0.717) is 17.3 Å². The van der Waals surface area contributed by atoms with Crippen LogP contribution in [0.3, 0.4) is 0 Å². The zero-order valence-corrected chi connectivity index (χ0v) is 11.1. The Hall–Kier alpha value is -2.30. The lowest BCUT2D eigenvalue weighted by atomic mass is 10.2. The molecule has 1 amide bonds. The second-order valence-electron chi connectivity index (χ2n) is 4.39. The average molecular weight is 260 g/mol. The minimum Gasteiger partial charge on any atom is -0.481 e. The van der Waals surface area contributed by atoms with Crippen LogP contribution in [0.1, 0.15) is 18.2 Å². The summed E-state index contributed by atoms with van der Waals surface area (Å²) in [6.45, 7) is 5.41. The zero-order chi connectivity index (χ0) is 13.8. The normalized spacial score (nSPS) is 11.9. The molecule has 1 heterocycles. The second-order valence-corrected chi connectivity index (χ2v) is 4.39. The number of carbonyl (C=O) groups excluding carboxylic acids is 1. The highest BCUT2D eigenvalue weighted by molar-refractivity contribution is 5.93. The smallest absolute Gasteiger partial charge is 0.266 e. The summed E-state index contributed by atoms with van der Waals surface area (Å²) in [4.78, 5) is 11.9. The Balaban J connectivity index is 1.96. The van der Waals surface area contributed by atoms with Gasteiger partial charge in [0.05, 0.1) is 0 Å². The minimum absolute atomic E-state index is 0.269. The van der Waals surface area contributed by atoms with Gasteiger partial charge in [0.2, 0.25) is 0 Å². The molecule has 0 saturated heterocycles. The van der Waals surface area contributed by atoms with Crippen molar-refractivity contribution in [3.8, 4) is 5.75 Å². The van der Waals surface area contributed by atoms with Crippen molar-refractivity contribution in [2.45, 2.75) is 26.9 Å². The van der Waals surface area contributed by atoms with Gasteiger partial charge in [-0.3, -0.25) is 4.79 Å². The van der Waals surface area contributed by atoms with Gasteiger partial charge in [-0.15, -0.1) is 0 Å². The fourth-order valence-corrected chi connectivity index (χ4v) is 1.60. The molecule has 0 aliphatic carbocycles. The summed E-state index contributed by atoms with van der Waals surface area (Å²) in [6.07, 6.45) is -0.612. The number of rotatable bonds is 4. The molecule has 1 N–H and O–H groups in total. The van der Waals surface area contributed by atoms with Crippen molar-refractivity contribution < 1.29 is 14.1 Å². The maximum Gasteiger partial charge on any atom is 0.266 e. The Morgan fingerprint density at radius 3 is 2.79 bits per heavy atom. The van der Waals surface area contributed by atoms with Crippen molar-refractivity contribution in [2.24, 2.45) is 0 Å². The third kappa shape index (κ3) is 3.58. The number of carbonyl (C=O) groups is 1. The quantitative estimate of drug-likeness (QED) is 0.918. The molecule has 0 aliphatic heterocycles. The van der Waals surface area contributed by atoms with Crippen LogP contribution in [0.15, 0.2) is 34.9 Å². The van der Waals surface area contributed by atoms with E-state index in [2.05, 4.69) is 10.5 Å². The number of nitrogens with zero attached hydrogens (tertiary/aromatic N) is 1. The Kier molecular flexibility index (Phi) is 3.85. The second kappa shape index (κ2) is 5.56. The third-order valence-corrected chi connectivity index (χ3v) is 2.55. The van der Waals surface area contributed by atoms with Crippen LogP contribution in [0.25, 0.3) is 0 Å². The van der Waals surface area contributed by atoms with Gasteiger partial charge in [-0.05, 0) is 38.5 Å².